The van der Waals surface area contributed by atoms with Crippen LogP contribution in [0.2, 0.25) is 0 Å². The fourth-order valence-corrected chi connectivity index (χ4v) is 2.15. The van der Waals surface area contributed by atoms with Crippen molar-refractivity contribution < 1.29 is 0 Å². The van der Waals surface area contributed by atoms with E-state index in [-0.39, 0.29) is 0 Å². The maximum atomic E-state index is 3.83. The van der Waals surface area contributed by atoms with Gasteiger partial charge >= 0.3 is 0 Å². The minimum atomic E-state index is 0.516. The van der Waals surface area contributed by atoms with Crippen LogP contribution in [-0.2, 0) is 6.42 Å². The van der Waals surface area contributed by atoms with Gasteiger partial charge in [0.25, 0.3) is 0 Å². The van der Waals surface area contributed by atoms with Crippen LogP contribution < -0.4 is 5.32 Å². The minimum Gasteiger partial charge on any atom is -0.314 e. The average Bonchev–Trinajstić information content (AvgIpc) is 2.24. The molecule has 88 valence electrons. The smallest absolute Gasteiger partial charge is 0.0142 e. The quantitative estimate of drug-likeness (QED) is 0.720. The van der Waals surface area contributed by atoms with Crippen LogP contribution in [0.15, 0.2) is 30.9 Å². The van der Waals surface area contributed by atoms with Crippen LogP contribution in [0.5, 0.6) is 0 Å². The number of hydrogen-bond acceptors (Lipinski definition) is 1. The van der Waals surface area contributed by atoms with Gasteiger partial charge in [0.05, 0.1) is 0 Å². The van der Waals surface area contributed by atoms with Gasteiger partial charge in [0.2, 0.25) is 0 Å². The van der Waals surface area contributed by atoms with Crippen molar-refractivity contribution in [2.45, 2.75) is 39.7 Å². The molecule has 0 bridgehead atoms. The van der Waals surface area contributed by atoms with E-state index >= 15 is 0 Å². The van der Waals surface area contributed by atoms with Crippen molar-refractivity contribution in [3.05, 3.63) is 47.5 Å². The highest BCUT2D eigenvalue weighted by atomic mass is 14.9. The number of hydrogen-bond donors (Lipinski definition) is 1. The normalized spacial score (nSPS) is 12.4. The summed E-state index contributed by atoms with van der Waals surface area (Å²) >= 11 is 0. The summed E-state index contributed by atoms with van der Waals surface area (Å²) < 4.78 is 0. The van der Waals surface area contributed by atoms with Crippen LogP contribution in [0.3, 0.4) is 0 Å². The van der Waals surface area contributed by atoms with Gasteiger partial charge in [-0.15, -0.1) is 6.58 Å². The lowest BCUT2D eigenvalue weighted by molar-refractivity contribution is 0.528. The maximum absolute atomic E-state index is 3.83. The summed E-state index contributed by atoms with van der Waals surface area (Å²) in [5.74, 6) is 0. The third-order valence-electron chi connectivity index (χ3n) is 3.04. The molecule has 1 unspecified atom stereocenters. The molecular weight excluding hydrogens is 194 g/mol. The molecule has 0 amide bonds. The van der Waals surface area contributed by atoms with Gasteiger partial charge in [0.15, 0.2) is 0 Å². The van der Waals surface area contributed by atoms with Crippen molar-refractivity contribution in [1.29, 1.82) is 0 Å². The number of aryl methyl sites for hydroxylation is 2. The van der Waals surface area contributed by atoms with Crippen LogP contribution in [0, 0.1) is 13.8 Å². The Kier molecular flexibility index (Phi) is 5.27. The van der Waals surface area contributed by atoms with Crippen molar-refractivity contribution >= 4 is 0 Å². The van der Waals surface area contributed by atoms with Crippen LogP contribution in [-0.4, -0.2) is 12.6 Å². The molecule has 1 aromatic carbocycles. The third kappa shape index (κ3) is 3.49. The van der Waals surface area contributed by atoms with Crippen molar-refractivity contribution in [3.8, 4) is 0 Å². The van der Waals surface area contributed by atoms with Gasteiger partial charge in [-0.3, -0.25) is 0 Å². The molecule has 0 radical (unpaired) electrons. The zero-order chi connectivity index (χ0) is 12.0. The Labute approximate surface area is 99.6 Å². The summed E-state index contributed by atoms with van der Waals surface area (Å²) in [5, 5.41) is 3.52. The molecule has 0 aliphatic heterocycles. The van der Waals surface area contributed by atoms with E-state index in [9.17, 15) is 0 Å². The predicted molar refractivity (Wildman–Crippen MR) is 71.9 cm³/mol. The monoisotopic (exact) mass is 217 g/mol. The van der Waals surface area contributed by atoms with Crippen molar-refractivity contribution in [2.75, 3.05) is 6.54 Å². The molecule has 0 heterocycles. The van der Waals surface area contributed by atoms with Gasteiger partial charge in [-0.1, -0.05) is 31.2 Å². The largest absolute Gasteiger partial charge is 0.314 e. The summed E-state index contributed by atoms with van der Waals surface area (Å²) in [6.45, 7) is 11.4. The van der Waals surface area contributed by atoms with Gasteiger partial charge in [-0.2, -0.15) is 0 Å². The molecular formula is C15H23N. The first kappa shape index (κ1) is 13.0. The zero-order valence-corrected chi connectivity index (χ0v) is 10.7. The number of benzene rings is 1. The lowest BCUT2D eigenvalue weighted by atomic mass is 9.95. The highest BCUT2D eigenvalue weighted by Crippen LogP contribution is 2.16. The van der Waals surface area contributed by atoms with Gasteiger partial charge in [0.1, 0.15) is 0 Å². The summed E-state index contributed by atoms with van der Waals surface area (Å²) in [7, 11) is 0. The Morgan fingerprint density at radius 2 is 1.94 bits per heavy atom. The Morgan fingerprint density at radius 1 is 1.31 bits per heavy atom. The van der Waals surface area contributed by atoms with Crippen molar-refractivity contribution in [3.63, 3.8) is 0 Å². The summed E-state index contributed by atoms with van der Waals surface area (Å²) in [5.41, 5.74) is 4.27. The Balaban J connectivity index is 2.79. The van der Waals surface area contributed by atoms with Gasteiger partial charge in [0, 0.05) is 6.04 Å². The minimum absolute atomic E-state index is 0.516. The Morgan fingerprint density at radius 3 is 2.44 bits per heavy atom. The number of likely N-dealkylation sites (N-methyl/N-ethyl adjacent to an activating group) is 1. The molecule has 1 aromatic rings. The van der Waals surface area contributed by atoms with Crippen LogP contribution in [0.1, 0.15) is 30.0 Å². The predicted octanol–water partition coefficient (Wildman–Crippen LogP) is 3.40. The van der Waals surface area contributed by atoms with E-state index in [4.69, 9.17) is 0 Å². The topological polar surface area (TPSA) is 12.0 Å². The standard InChI is InChI=1S/C15H23N/c1-5-8-14(16-6-2)11-15-12(3)9-7-10-13(15)4/h5,7,9-10,14,16H,1,6,8,11H2,2-4H3. The molecule has 1 nitrogen and oxygen atoms in total. The molecule has 0 saturated carbocycles. The van der Waals surface area contributed by atoms with E-state index in [1.165, 1.54) is 16.7 Å². The molecule has 1 heteroatoms. The third-order valence-corrected chi connectivity index (χ3v) is 3.04. The van der Waals surface area contributed by atoms with Gasteiger partial charge in [-0.25, -0.2) is 0 Å². The van der Waals surface area contributed by atoms with E-state index in [1.807, 2.05) is 6.08 Å². The maximum Gasteiger partial charge on any atom is 0.0142 e. The van der Waals surface area contributed by atoms with Crippen LogP contribution in [0.25, 0.3) is 0 Å². The number of nitrogens with one attached hydrogen (secondary N) is 1. The molecule has 0 spiro atoms. The van der Waals surface area contributed by atoms with Gasteiger partial charge in [-0.05, 0) is 49.9 Å². The first-order chi connectivity index (χ1) is 7.69. The Hall–Kier alpha value is -1.08. The highest BCUT2D eigenvalue weighted by molar-refractivity contribution is 5.34. The van der Waals surface area contributed by atoms with E-state index in [0.717, 1.165) is 19.4 Å². The first-order valence-electron chi connectivity index (χ1n) is 6.08. The van der Waals surface area contributed by atoms with E-state index in [1.54, 1.807) is 0 Å². The SMILES string of the molecule is C=CCC(Cc1c(C)cccc1C)NCC. The molecule has 1 rings (SSSR count). The molecule has 0 aromatic heterocycles. The van der Waals surface area contributed by atoms with Crippen molar-refractivity contribution in [1.82, 2.24) is 5.32 Å². The number of rotatable bonds is 6. The van der Waals surface area contributed by atoms with E-state index in [2.05, 4.69) is 50.9 Å². The van der Waals surface area contributed by atoms with Crippen LogP contribution in [0.4, 0.5) is 0 Å². The second-order valence-corrected chi connectivity index (χ2v) is 4.35. The molecule has 1 atom stereocenters. The first-order valence-corrected chi connectivity index (χ1v) is 6.08. The Bertz CT molecular complexity index is 321. The fourth-order valence-electron chi connectivity index (χ4n) is 2.15. The van der Waals surface area contributed by atoms with E-state index in [0.29, 0.717) is 6.04 Å². The fraction of sp³-hybridized carbons (Fsp3) is 0.467. The van der Waals surface area contributed by atoms with Crippen molar-refractivity contribution in [2.24, 2.45) is 0 Å². The summed E-state index contributed by atoms with van der Waals surface area (Å²) in [6.07, 6.45) is 4.13. The lowest BCUT2D eigenvalue weighted by Crippen LogP contribution is -2.30. The van der Waals surface area contributed by atoms with Gasteiger partial charge < -0.3 is 5.32 Å². The second-order valence-electron chi connectivity index (χ2n) is 4.35. The molecule has 0 saturated heterocycles. The lowest BCUT2D eigenvalue weighted by Gasteiger charge is -2.19. The second kappa shape index (κ2) is 6.49. The summed E-state index contributed by atoms with van der Waals surface area (Å²) in [4.78, 5) is 0. The molecule has 16 heavy (non-hydrogen) atoms. The van der Waals surface area contributed by atoms with E-state index < -0.39 is 0 Å². The van der Waals surface area contributed by atoms with Crippen LogP contribution >= 0.6 is 0 Å². The molecule has 0 aliphatic rings. The molecule has 0 fully saturated rings. The molecule has 0 aliphatic carbocycles. The highest BCUT2D eigenvalue weighted by Gasteiger charge is 2.09. The summed E-state index contributed by atoms with van der Waals surface area (Å²) in [6, 6.07) is 7.03. The zero-order valence-electron chi connectivity index (χ0n) is 10.7. The molecule has 1 N–H and O–H groups in total. The average molecular weight is 217 g/mol.